The third kappa shape index (κ3) is 5.36. The van der Waals surface area contributed by atoms with Crippen LogP contribution >= 0.6 is 11.8 Å². The van der Waals surface area contributed by atoms with E-state index < -0.39 is 5.97 Å². The van der Waals surface area contributed by atoms with E-state index in [9.17, 15) is 14.4 Å². The first-order valence-electron chi connectivity index (χ1n) is 10.9. The number of aromatic nitrogens is 2. The van der Waals surface area contributed by atoms with Gasteiger partial charge >= 0.3 is 5.97 Å². The Hall–Kier alpha value is -4.11. The van der Waals surface area contributed by atoms with Gasteiger partial charge in [-0.05, 0) is 55.5 Å². The van der Waals surface area contributed by atoms with Crippen LogP contribution in [0.4, 0.5) is 5.69 Å². The number of benzene rings is 3. The second-order valence-electron chi connectivity index (χ2n) is 7.35. The summed E-state index contributed by atoms with van der Waals surface area (Å²) in [5.74, 6) is -0.242. The maximum absolute atomic E-state index is 13.4. The maximum atomic E-state index is 13.4. The predicted molar refractivity (Wildman–Crippen MR) is 136 cm³/mol. The van der Waals surface area contributed by atoms with Crippen molar-refractivity contribution in [3.63, 3.8) is 0 Å². The number of hydrogen-bond acceptors (Lipinski definition) is 7. The van der Waals surface area contributed by atoms with Crippen LogP contribution in [0.15, 0.2) is 82.7 Å². The SMILES string of the molecule is CCOc1ccc(-n2c(SCC(=O)Nc3ccccc3C(=O)OC)nc3ccccc3c2=O)cc1. The lowest BCUT2D eigenvalue weighted by Crippen LogP contribution is -2.23. The molecule has 0 aliphatic heterocycles. The quantitative estimate of drug-likeness (QED) is 0.224. The highest BCUT2D eigenvalue weighted by molar-refractivity contribution is 7.99. The van der Waals surface area contributed by atoms with Crippen molar-refractivity contribution in [3.8, 4) is 11.4 Å². The molecule has 0 unspecified atom stereocenters. The van der Waals surface area contributed by atoms with Crippen LogP contribution in [0.2, 0.25) is 0 Å². The van der Waals surface area contributed by atoms with E-state index in [-0.39, 0.29) is 22.8 Å². The van der Waals surface area contributed by atoms with Crippen LogP contribution in [-0.2, 0) is 9.53 Å². The molecular weight excluding hydrogens is 466 g/mol. The monoisotopic (exact) mass is 489 g/mol. The van der Waals surface area contributed by atoms with Gasteiger partial charge in [0.25, 0.3) is 5.56 Å². The Morgan fingerprint density at radius 2 is 1.71 bits per heavy atom. The van der Waals surface area contributed by atoms with Gasteiger partial charge in [0, 0.05) is 0 Å². The molecule has 1 amide bonds. The summed E-state index contributed by atoms with van der Waals surface area (Å²) in [6.45, 7) is 2.43. The number of nitrogens with one attached hydrogen (secondary N) is 1. The number of thioether (sulfide) groups is 1. The number of amides is 1. The largest absolute Gasteiger partial charge is 0.494 e. The Balaban J connectivity index is 1.64. The molecule has 35 heavy (non-hydrogen) atoms. The molecule has 9 heteroatoms. The highest BCUT2D eigenvalue weighted by Crippen LogP contribution is 2.24. The van der Waals surface area contributed by atoms with E-state index in [4.69, 9.17) is 9.47 Å². The molecule has 4 rings (SSSR count). The standard InChI is InChI=1S/C26H23N3O5S/c1-3-34-18-14-12-17(13-15-18)29-24(31)19-8-4-6-10-21(19)28-26(29)35-16-23(30)27-22-11-7-5-9-20(22)25(32)33-2/h4-15H,3,16H2,1-2H3,(H,27,30). The minimum Gasteiger partial charge on any atom is -0.494 e. The number of carbonyl (C=O) groups is 2. The average molecular weight is 490 g/mol. The number of carbonyl (C=O) groups excluding carboxylic acids is 2. The summed E-state index contributed by atoms with van der Waals surface area (Å²) < 4.78 is 11.8. The van der Waals surface area contributed by atoms with Gasteiger partial charge in [-0.2, -0.15) is 0 Å². The summed E-state index contributed by atoms with van der Waals surface area (Å²) in [5, 5.41) is 3.58. The number of esters is 1. The summed E-state index contributed by atoms with van der Waals surface area (Å²) in [6, 6.07) is 20.8. The third-order valence-corrected chi connectivity index (χ3v) is 6.03. The average Bonchev–Trinajstić information content (AvgIpc) is 2.88. The fourth-order valence-electron chi connectivity index (χ4n) is 3.49. The Morgan fingerprint density at radius 1 is 1.00 bits per heavy atom. The van der Waals surface area contributed by atoms with Gasteiger partial charge in [0.15, 0.2) is 5.16 Å². The van der Waals surface area contributed by atoms with Gasteiger partial charge in [0.1, 0.15) is 5.75 Å². The molecule has 178 valence electrons. The highest BCUT2D eigenvalue weighted by atomic mass is 32.2. The summed E-state index contributed by atoms with van der Waals surface area (Å²) in [7, 11) is 1.28. The Labute approximate surface area is 205 Å². The Bertz CT molecular complexity index is 1430. The first-order valence-corrected chi connectivity index (χ1v) is 11.9. The summed E-state index contributed by atoms with van der Waals surface area (Å²) >= 11 is 1.13. The molecule has 0 bridgehead atoms. The van der Waals surface area contributed by atoms with Crippen LogP contribution in [0.1, 0.15) is 17.3 Å². The smallest absolute Gasteiger partial charge is 0.339 e. The summed E-state index contributed by atoms with van der Waals surface area (Å²) in [5.41, 5.74) is 1.51. The van der Waals surface area contributed by atoms with Crippen LogP contribution in [0.25, 0.3) is 16.6 Å². The van der Waals surface area contributed by atoms with Crippen LogP contribution < -0.4 is 15.6 Å². The van der Waals surface area contributed by atoms with E-state index >= 15 is 0 Å². The van der Waals surface area contributed by atoms with Gasteiger partial charge in [-0.1, -0.05) is 36.0 Å². The number of hydrogen-bond donors (Lipinski definition) is 1. The van der Waals surface area contributed by atoms with Gasteiger partial charge in [-0.15, -0.1) is 0 Å². The highest BCUT2D eigenvalue weighted by Gasteiger charge is 2.17. The number of ether oxygens (including phenoxy) is 2. The molecule has 3 aromatic carbocycles. The van der Waals surface area contributed by atoms with Crippen molar-refractivity contribution in [2.75, 3.05) is 24.8 Å². The molecule has 8 nitrogen and oxygen atoms in total. The molecule has 0 spiro atoms. The van der Waals surface area contributed by atoms with Gasteiger partial charge in [0.2, 0.25) is 5.91 Å². The van der Waals surface area contributed by atoms with E-state index in [2.05, 4.69) is 10.3 Å². The fourth-order valence-corrected chi connectivity index (χ4v) is 4.30. The number of para-hydroxylation sites is 2. The number of nitrogens with zero attached hydrogens (tertiary/aromatic N) is 2. The first-order chi connectivity index (χ1) is 17.0. The molecule has 0 fully saturated rings. The van der Waals surface area contributed by atoms with Crippen molar-refractivity contribution >= 4 is 40.2 Å². The number of rotatable bonds is 8. The zero-order valence-electron chi connectivity index (χ0n) is 19.2. The lowest BCUT2D eigenvalue weighted by molar-refractivity contribution is -0.113. The van der Waals surface area contributed by atoms with Crippen molar-refractivity contribution < 1.29 is 19.1 Å². The van der Waals surface area contributed by atoms with Gasteiger partial charge in [-0.3, -0.25) is 14.2 Å². The molecule has 0 radical (unpaired) electrons. The normalized spacial score (nSPS) is 10.7. The third-order valence-electron chi connectivity index (χ3n) is 5.09. The summed E-state index contributed by atoms with van der Waals surface area (Å²) in [4.78, 5) is 42.8. The molecule has 1 heterocycles. The Morgan fingerprint density at radius 3 is 2.46 bits per heavy atom. The number of methoxy groups -OCH3 is 1. The second-order valence-corrected chi connectivity index (χ2v) is 8.30. The maximum Gasteiger partial charge on any atom is 0.339 e. The summed E-state index contributed by atoms with van der Waals surface area (Å²) in [6.07, 6.45) is 0. The van der Waals surface area contributed by atoms with Crippen molar-refractivity contribution in [1.29, 1.82) is 0 Å². The van der Waals surface area contributed by atoms with Crippen molar-refractivity contribution in [2.45, 2.75) is 12.1 Å². The van der Waals surface area contributed by atoms with E-state index in [0.717, 1.165) is 11.8 Å². The number of fused-ring (bicyclic) bond motifs is 1. The van der Waals surface area contributed by atoms with E-state index in [1.807, 2.05) is 6.92 Å². The van der Waals surface area contributed by atoms with E-state index in [1.54, 1.807) is 72.8 Å². The van der Waals surface area contributed by atoms with Crippen LogP contribution in [0, 0.1) is 0 Å². The van der Waals surface area contributed by atoms with Gasteiger partial charge in [0.05, 0.1) is 47.3 Å². The lowest BCUT2D eigenvalue weighted by Gasteiger charge is -2.14. The molecule has 0 saturated carbocycles. The minimum atomic E-state index is -0.547. The van der Waals surface area contributed by atoms with E-state index in [0.29, 0.717) is 39.8 Å². The molecule has 0 atom stereocenters. The zero-order chi connectivity index (χ0) is 24.8. The fraction of sp³-hybridized carbons (Fsp3) is 0.154. The van der Waals surface area contributed by atoms with Crippen molar-refractivity contribution in [1.82, 2.24) is 9.55 Å². The second kappa shape index (κ2) is 10.9. The predicted octanol–water partition coefficient (Wildman–Crippen LogP) is 4.30. The molecule has 4 aromatic rings. The number of anilines is 1. The molecular formula is C26H23N3O5S. The minimum absolute atomic E-state index is 0.0304. The van der Waals surface area contributed by atoms with Crippen molar-refractivity contribution in [3.05, 3.63) is 88.7 Å². The van der Waals surface area contributed by atoms with E-state index in [1.165, 1.54) is 11.7 Å². The van der Waals surface area contributed by atoms with Gasteiger partial charge in [-0.25, -0.2) is 9.78 Å². The van der Waals surface area contributed by atoms with Crippen LogP contribution in [0.3, 0.4) is 0 Å². The molecule has 1 N–H and O–H groups in total. The first kappa shape index (κ1) is 24.0. The zero-order valence-corrected chi connectivity index (χ0v) is 20.0. The van der Waals surface area contributed by atoms with Crippen LogP contribution in [-0.4, -0.2) is 40.9 Å². The topological polar surface area (TPSA) is 99.5 Å². The molecule has 0 aliphatic rings. The van der Waals surface area contributed by atoms with Gasteiger partial charge < -0.3 is 14.8 Å². The molecule has 0 saturated heterocycles. The Kier molecular flexibility index (Phi) is 7.47. The van der Waals surface area contributed by atoms with Crippen molar-refractivity contribution in [2.24, 2.45) is 0 Å². The molecule has 0 aliphatic carbocycles. The lowest BCUT2D eigenvalue weighted by atomic mass is 10.2. The van der Waals surface area contributed by atoms with Crippen LogP contribution in [0.5, 0.6) is 5.75 Å². The molecule has 1 aromatic heterocycles.